The Kier molecular flexibility index (Phi) is 3.60. The molecule has 0 amide bonds. The van der Waals surface area contributed by atoms with Crippen LogP contribution in [-0.2, 0) is 0 Å². The van der Waals surface area contributed by atoms with Crippen molar-refractivity contribution in [2.75, 3.05) is 6.54 Å². The second-order valence-corrected chi connectivity index (χ2v) is 4.32. The molecule has 1 rings (SSSR count). The van der Waals surface area contributed by atoms with Gasteiger partial charge in [-0.2, -0.15) is 0 Å². The van der Waals surface area contributed by atoms with Gasteiger partial charge >= 0.3 is 0 Å². The summed E-state index contributed by atoms with van der Waals surface area (Å²) >= 11 is 0. The molecule has 1 fully saturated rings. The first-order valence-electron chi connectivity index (χ1n) is 5.08. The Morgan fingerprint density at radius 3 is 2.62 bits per heavy atom. The topological polar surface area (TPSA) is 55.3 Å². The van der Waals surface area contributed by atoms with Crippen LogP contribution in [0.2, 0.25) is 0 Å². The van der Waals surface area contributed by atoms with Gasteiger partial charge in [0, 0.05) is 24.4 Å². The van der Waals surface area contributed by atoms with Crippen molar-refractivity contribution in [3.8, 4) is 0 Å². The second kappa shape index (κ2) is 4.51. The number of hydrazine groups is 1. The van der Waals surface area contributed by atoms with Gasteiger partial charge in [0.05, 0.1) is 0 Å². The Bertz CT molecular complexity index is 183. The molecule has 76 valence electrons. The Morgan fingerprint density at radius 2 is 2.15 bits per heavy atom. The van der Waals surface area contributed by atoms with Crippen LogP contribution in [0.5, 0.6) is 0 Å². The maximum Gasteiger partial charge on any atom is 0.0345 e. The average Bonchev–Trinajstić information content (AvgIpc) is 2.82. The monoisotopic (exact) mass is 183 g/mol. The highest BCUT2D eigenvalue weighted by Crippen LogP contribution is 2.33. The molecule has 0 heterocycles. The van der Waals surface area contributed by atoms with Gasteiger partial charge in [-0.15, -0.1) is 0 Å². The van der Waals surface area contributed by atoms with E-state index in [-0.39, 0.29) is 0 Å². The Labute approximate surface area is 80.7 Å². The van der Waals surface area contributed by atoms with Gasteiger partial charge in [-0.1, -0.05) is 13.8 Å². The van der Waals surface area contributed by atoms with Crippen LogP contribution < -0.4 is 11.6 Å². The van der Waals surface area contributed by atoms with Gasteiger partial charge in [-0.05, 0) is 25.2 Å². The molecule has 1 aliphatic rings. The molecule has 3 nitrogen and oxygen atoms in total. The van der Waals surface area contributed by atoms with Crippen LogP contribution in [0.25, 0.3) is 0 Å². The summed E-state index contributed by atoms with van der Waals surface area (Å²) in [6, 6.07) is 0. The Balaban J connectivity index is 2.22. The van der Waals surface area contributed by atoms with E-state index in [1.54, 1.807) is 5.01 Å². The van der Waals surface area contributed by atoms with Gasteiger partial charge in [-0.25, -0.2) is 5.84 Å². The third-order valence-corrected chi connectivity index (χ3v) is 2.33. The van der Waals surface area contributed by atoms with Crippen molar-refractivity contribution >= 4 is 0 Å². The average molecular weight is 183 g/mol. The van der Waals surface area contributed by atoms with Gasteiger partial charge in [0.15, 0.2) is 0 Å². The van der Waals surface area contributed by atoms with E-state index in [2.05, 4.69) is 13.8 Å². The highest BCUT2D eigenvalue weighted by atomic mass is 15.4. The van der Waals surface area contributed by atoms with Crippen LogP contribution in [-0.4, -0.2) is 11.6 Å². The predicted octanol–water partition coefficient (Wildman–Crippen LogP) is 1.42. The fourth-order valence-corrected chi connectivity index (χ4v) is 1.19. The van der Waals surface area contributed by atoms with E-state index in [4.69, 9.17) is 11.6 Å². The van der Waals surface area contributed by atoms with Gasteiger partial charge in [-0.3, -0.25) is 0 Å². The minimum Gasteiger partial charge on any atom is -0.401 e. The fraction of sp³-hybridized carbons (Fsp3) is 0.800. The Morgan fingerprint density at radius 1 is 1.54 bits per heavy atom. The largest absolute Gasteiger partial charge is 0.401 e. The van der Waals surface area contributed by atoms with Gasteiger partial charge in [0.2, 0.25) is 0 Å². The van der Waals surface area contributed by atoms with E-state index in [0.29, 0.717) is 11.8 Å². The predicted molar refractivity (Wildman–Crippen MR) is 55.3 cm³/mol. The van der Waals surface area contributed by atoms with Crippen LogP contribution in [0.1, 0.15) is 33.1 Å². The smallest absolute Gasteiger partial charge is 0.0345 e. The SMILES string of the molecule is CC(C)CCN(N)/C=C(\N)C1CC1. The molecule has 0 saturated heterocycles. The van der Waals surface area contributed by atoms with E-state index < -0.39 is 0 Å². The zero-order valence-corrected chi connectivity index (χ0v) is 8.66. The highest BCUT2D eigenvalue weighted by Gasteiger charge is 2.24. The first kappa shape index (κ1) is 10.4. The van der Waals surface area contributed by atoms with Crippen LogP contribution in [0.4, 0.5) is 0 Å². The van der Waals surface area contributed by atoms with Crippen molar-refractivity contribution in [1.29, 1.82) is 0 Å². The summed E-state index contributed by atoms with van der Waals surface area (Å²) in [6.07, 6.45) is 5.48. The normalized spacial score (nSPS) is 18.0. The third kappa shape index (κ3) is 4.18. The van der Waals surface area contributed by atoms with E-state index in [1.807, 2.05) is 6.20 Å². The number of nitrogens with two attached hydrogens (primary N) is 2. The maximum atomic E-state index is 5.83. The summed E-state index contributed by atoms with van der Waals surface area (Å²) in [5.41, 5.74) is 6.78. The van der Waals surface area contributed by atoms with Crippen molar-refractivity contribution in [2.24, 2.45) is 23.4 Å². The van der Waals surface area contributed by atoms with Crippen molar-refractivity contribution in [3.05, 3.63) is 11.9 Å². The zero-order chi connectivity index (χ0) is 9.84. The van der Waals surface area contributed by atoms with Crippen LogP contribution >= 0.6 is 0 Å². The summed E-state index contributed by atoms with van der Waals surface area (Å²) in [4.78, 5) is 0. The zero-order valence-electron chi connectivity index (χ0n) is 8.66. The van der Waals surface area contributed by atoms with Crippen molar-refractivity contribution in [1.82, 2.24) is 5.01 Å². The highest BCUT2D eigenvalue weighted by molar-refractivity contribution is 5.07. The van der Waals surface area contributed by atoms with Crippen LogP contribution in [0.15, 0.2) is 11.9 Å². The molecule has 0 aromatic rings. The summed E-state index contributed by atoms with van der Waals surface area (Å²) in [6.45, 7) is 5.29. The first-order chi connectivity index (χ1) is 6.09. The summed E-state index contributed by atoms with van der Waals surface area (Å²) in [7, 11) is 0. The Hall–Kier alpha value is -0.700. The molecule has 0 aromatic carbocycles. The molecule has 0 radical (unpaired) electrons. The number of hydrogen-bond acceptors (Lipinski definition) is 3. The molecule has 0 bridgehead atoms. The minimum atomic E-state index is 0.616. The first-order valence-corrected chi connectivity index (χ1v) is 5.08. The molecule has 0 atom stereocenters. The van der Waals surface area contributed by atoms with Gasteiger partial charge in [0.25, 0.3) is 0 Å². The minimum absolute atomic E-state index is 0.616. The quantitative estimate of drug-likeness (QED) is 0.500. The molecule has 1 saturated carbocycles. The molecular weight excluding hydrogens is 162 g/mol. The molecule has 1 aliphatic carbocycles. The van der Waals surface area contributed by atoms with Gasteiger partial charge < -0.3 is 10.7 Å². The summed E-state index contributed by atoms with van der Waals surface area (Å²) < 4.78 is 0. The van der Waals surface area contributed by atoms with E-state index in [9.17, 15) is 0 Å². The molecule has 4 N–H and O–H groups in total. The van der Waals surface area contributed by atoms with Crippen LogP contribution in [0.3, 0.4) is 0 Å². The van der Waals surface area contributed by atoms with E-state index >= 15 is 0 Å². The third-order valence-electron chi connectivity index (χ3n) is 2.33. The van der Waals surface area contributed by atoms with Crippen LogP contribution in [0, 0.1) is 11.8 Å². The molecule has 0 aliphatic heterocycles. The maximum absolute atomic E-state index is 5.83. The van der Waals surface area contributed by atoms with Crippen molar-refractivity contribution in [2.45, 2.75) is 33.1 Å². The molecule has 13 heavy (non-hydrogen) atoms. The lowest BCUT2D eigenvalue weighted by Gasteiger charge is -2.16. The van der Waals surface area contributed by atoms with Gasteiger partial charge in [0.1, 0.15) is 0 Å². The fourth-order valence-electron chi connectivity index (χ4n) is 1.19. The number of rotatable bonds is 5. The lowest BCUT2D eigenvalue weighted by molar-refractivity contribution is 0.354. The number of nitrogens with zero attached hydrogens (tertiary/aromatic N) is 1. The van der Waals surface area contributed by atoms with E-state index in [0.717, 1.165) is 18.7 Å². The standard InChI is InChI=1S/C10H21N3/c1-8(2)5-6-13(12)7-10(11)9-3-4-9/h7-9H,3-6,11-12H2,1-2H3/b10-7-. The summed E-state index contributed by atoms with van der Waals surface area (Å²) in [5.74, 6) is 7.08. The number of allylic oxidation sites excluding steroid dienone is 1. The van der Waals surface area contributed by atoms with E-state index in [1.165, 1.54) is 12.8 Å². The molecule has 0 aromatic heterocycles. The molecule has 0 spiro atoms. The second-order valence-electron chi connectivity index (χ2n) is 4.32. The van der Waals surface area contributed by atoms with Crippen molar-refractivity contribution < 1.29 is 0 Å². The lowest BCUT2D eigenvalue weighted by Crippen LogP contribution is -2.28. The molecular formula is C10H21N3. The summed E-state index contributed by atoms with van der Waals surface area (Å²) in [5, 5.41) is 1.72. The van der Waals surface area contributed by atoms with Crippen molar-refractivity contribution in [3.63, 3.8) is 0 Å². The molecule has 0 unspecified atom stereocenters. The molecule has 3 heteroatoms. The number of hydrogen-bond donors (Lipinski definition) is 2. The lowest BCUT2D eigenvalue weighted by atomic mass is 10.1.